The lowest BCUT2D eigenvalue weighted by Gasteiger charge is -2.16. The van der Waals surface area contributed by atoms with E-state index in [1.807, 2.05) is 0 Å². The molecule has 8 aromatic carbocycles. The lowest BCUT2D eigenvalue weighted by molar-refractivity contribution is 1.08. The fourth-order valence-corrected chi connectivity index (χ4v) is 8.18. The summed E-state index contributed by atoms with van der Waals surface area (Å²) in [5.41, 5.74) is 13.3. The number of rotatable bonds is 3. The Hall–Kier alpha value is -6.58. The van der Waals surface area contributed by atoms with E-state index in [4.69, 9.17) is 9.97 Å². The molecule has 0 radical (unpaired) electrons. The molecule has 0 saturated heterocycles. The number of nitrogens with zero attached hydrogens (tertiary/aromatic N) is 3. The third-order valence-electron chi connectivity index (χ3n) is 10.3. The SMILES string of the molecule is c1ccc(-c2cccc(-c3nc4ccc5ccccc5c4nc3-n3c4cccc5c4c4c(cccc43)-c3cccc4cccc-5c34)c2)cc1. The molecule has 0 atom stereocenters. The van der Waals surface area contributed by atoms with Gasteiger partial charge < -0.3 is 0 Å². The van der Waals surface area contributed by atoms with Crippen LogP contribution in [0.4, 0.5) is 0 Å². The van der Waals surface area contributed by atoms with E-state index < -0.39 is 0 Å². The zero-order chi connectivity index (χ0) is 32.1. The predicted octanol–water partition coefficient (Wildman–Crippen LogP) is 12.0. The maximum absolute atomic E-state index is 5.61. The van der Waals surface area contributed by atoms with Gasteiger partial charge in [-0.2, -0.15) is 0 Å². The highest BCUT2D eigenvalue weighted by molar-refractivity contribution is 6.27. The van der Waals surface area contributed by atoms with E-state index in [0.29, 0.717) is 0 Å². The van der Waals surface area contributed by atoms with Gasteiger partial charge in [-0.15, -0.1) is 0 Å². The van der Waals surface area contributed by atoms with E-state index in [2.05, 4.69) is 168 Å². The highest BCUT2D eigenvalue weighted by atomic mass is 15.1. The Bertz CT molecular complexity index is 2890. The number of hydrogen-bond acceptors (Lipinski definition) is 2. The zero-order valence-corrected chi connectivity index (χ0v) is 26.4. The molecule has 0 fully saturated rings. The Morgan fingerprint density at radius 1 is 0.388 bits per heavy atom. The molecule has 0 amide bonds. The first-order valence-electron chi connectivity index (χ1n) is 16.8. The predicted molar refractivity (Wildman–Crippen MR) is 204 cm³/mol. The van der Waals surface area contributed by atoms with Gasteiger partial charge in [0.1, 0.15) is 5.69 Å². The molecule has 0 spiro atoms. The standard InChI is InChI=1S/C46H27N3/c1-2-11-28(12-3-1)31-16-6-17-32(27-31)44-46(48-45-33-18-5-4-13-29(33)25-26-38(45)47-44)49-39-23-9-21-36-34-19-7-14-30-15-8-20-35(41(30)34)37-22-10-24-40(49)43(37)42(36)39/h1-27H. The summed E-state index contributed by atoms with van der Waals surface area (Å²) < 4.78 is 2.37. The molecule has 11 rings (SSSR count). The van der Waals surface area contributed by atoms with Crippen molar-refractivity contribution in [3.8, 4) is 50.5 Å². The molecule has 2 aromatic heterocycles. The Kier molecular flexibility index (Phi) is 5.38. The molecule has 2 heterocycles. The monoisotopic (exact) mass is 621 g/mol. The second-order valence-corrected chi connectivity index (χ2v) is 12.9. The van der Waals surface area contributed by atoms with Crippen molar-refractivity contribution in [2.75, 3.05) is 0 Å². The molecule has 226 valence electrons. The molecule has 0 saturated carbocycles. The van der Waals surface area contributed by atoms with Crippen LogP contribution in [0.5, 0.6) is 0 Å². The van der Waals surface area contributed by atoms with Crippen LogP contribution in [-0.4, -0.2) is 14.5 Å². The van der Waals surface area contributed by atoms with Gasteiger partial charge in [-0.3, -0.25) is 4.57 Å². The van der Waals surface area contributed by atoms with Crippen molar-refractivity contribution in [2.24, 2.45) is 0 Å². The summed E-state index contributed by atoms with van der Waals surface area (Å²) >= 11 is 0. The smallest absolute Gasteiger partial charge is 0.165 e. The Balaban J connectivity index is 1.30. The maximum Gasteiger partial charge on any atom is 0.165 e. The van der Waals surface area contributed by atoms with Crippen LogP contribution >= 0.6 is 0 Å². The van der Waals surface area contributed by atoms with Crippen molar-refractivity contribution in [1.82, 2.24) is 14.5 Å². The summed E-state index contributed by atoms with van der Waals surface area (Å²) in [5, 5.41) is 7.32. The summed E-state index contributed by atoms with van der Waals surface area (Å²) in [5.74, 6) is 0.829. The molecule has 3 heteroatoms. The van der Waals surface area contributed by atoms with Crippen LogP contribution < -0.4 is 0 Å². The molecule has 0 N–H and O–H groups in total. The molecule has 0 aliphatic heterocycles. The van der Waals surface area contributed by atoms with Gasteiger partial charge in [0.15, 0.2) is 5.82 Å². The lowest BCUT2D eigenvalue weighted by atomic mass is 9.93. The maximum atomic E-state index is 5.61. The van der Waals surface area contributed by atoms with Crippen LogP contribution in [0, 0.1) is 0 Å². The van der Waals surface area contributed by atoms with Gasteiger partial charge in [-0.1, -0.05) is 140 Å². The van der Waals surface area contributed by atoms with Crippen LogP contribution in [0.25, 0.3) is 105 Å². The third kappa shape index (κ3) is 3.73. The quantitative estimate of drug-likeness (QED) is 0.184. The van der Waals surface area contributed by atoms with Gasteiger partial charge in [0.2, 0.25) is 0 Å². The van der Waals surface area contributed by atoms with Gasteiger partial charge in [0, 0.05) is 21.7 Å². The van der Waals surface area contributed by atoms with Gasteiger partial charge in [0.25, 0.3) is 0 Å². The van der Waals surface area contributed by atoms with E-state index in [-0.39, 0.29) is 0 Å². The molecule has 49 heavy (non-hydrogen) atoms. The van der Waals surface area contributed by atoms with E-state index in [0.717, 1.165) is 55.5 Å². The molecule has 1 aliphatic rings. The van der Waals surface area contributed by atoms with Crippen LogP contribution in [-0.2, 0) is 0 Å². The van der Waals surface area contributed by atoms with Crippen LogP contribution in [0.1, 0.15) is 0 Å². The van der Waals surface area contributed by atoms with Crippen molar-refractivity contribution in [1.29, 1.82) is 0 Å². The van der Waals surface area contributed by atoms with E-state index >= 15 is 0 Å². The average molecular weight is 622 g/mol. The number of hydrogen-bond donors (Lipinski definition) is 0. The summed E-state index contributed by atoms with van der Waals surface area (Å²) in [7, 11) is 0. The van der Waals surface area contributed by atoms with Crippen molar-refractivity contribution in [3.63, 3.8) is 0 Å². The first-order valence-corrected chi connectivity index (χ1v) is 16.8. The molecular formula is C46H27N3. The topological polar surface area (TPSA) is 30.7 Å². The van der Waals surface area contributed by atoms with Crippen molar-refractivity contribution in [3.05, 3.63) is 164 Å². The van der Waals surface area contributed by atoms with Crippen molar-refractivity contribution in [2.45, 2.75) is 0 Å². The van der Waals surface area contributed by atoms with Crippen LogP contribution in [0.3, 0.4) is 0 Å². The fourth-order valence-electron chi connectivity index (χ4n) is 8.18. The molecule has 3 nitrogen and oxygen atoms in total. The summed E-state index contributed by atoms with van der Waals surface area (Å²) in [6.07, 6.45) is 0. The average Bonchev–Trinajstić information content (AvgIpc) is 3.45. The largest absolute Gasteiger partial charge is 0.292 e. The minimum Gasteiger partial charge on any atom is -0.292 e. The van der Waals surface area contributed by atoms with Crippen molar-refractivity contribution < 1.29 is 0 Å². The Labute approximate surface area is 282 Å². The van der Waals surface area contributed by atoms with E-state index in [1.165, 1.54) is 49.4 Å². The highest BCUT2D eigenvalue weighted by Crippen LogP contribution is 2.49. The second-order valence-electron chi connectivity index (χ2n) is 12.9. The minimum absolute atomic E-state index is 0.829. The molecule has 0 bridgehead atoms. The third-order valence-corrected chi connectivity index (χ3v) is 10.3. The van der Waals surface area contributed by atoms with Gasteiger partial charge in [-0.05, 0) is 73.8 Å². The van der Waals surface area contributed by atoms with Crippen molar-refractivity contribution >= 4 is 54.4 Å². The van der Waals surface area contributed by atoms with Gasteiger partial charge in [0.05, 0.1) is 22.1 Å². The van der Waals surface area contributed by atoms with Gasteiger partial charge >= 0.3 is 0 Å². The Morgan fingerprint density at radius 3 is 1.69 bits per heavy atom. The first kappa shape index (κ1) is 26.5. The number of benzene rings is 8. The normalized spacial score (nSPS) is 12.1. The highest BCUT2D eigenvalue weighted by Gasteiger charge is 2.26. The van der Waals surface area contributed by atoms with E-state index in [9.17, 15) is 0 Å². The summed E-state index contributed by atoms with van der Waals surface area (Å²) in [6.45, 7) is 0. The molecule has 1 aliphatic carbocycles. The second kappa shape index (κ2) is 9.96. The Morgan fingerprint density at radius 2 is 0.959 bits per heavy atom. The zero-order valence-electron chi connectivity index (χ0n) is 26.4. The fraction of sp³-hybridized carbons (Fsp3) is 0. The molecular weight excluding hydrogens is 595 g/mol. The van der Waals surface area contributed by atoms with E-state index in [1.54, 1.807) is 0 Å². The van der Waals surface area contributed by atoms with Gasteiger partial charge in [-0.25, -0.2) is 9.97 Å². The first-order chi connectivity index (χ1) is 24.3. The number of aromatic nitrogens is 3. The summed E-state index contributed by atoms with van der Waals surface area (Å²) in [4.78, 5) is 11.1. The summed E-state index contributed by atoms with van der Waals surface area (Å²) in [6, 6.07) is 58.8. The molecule has 0 unspecified atom stereocenters. The number of fused-ring (bicyclic) bond motifs is 5. The molecule has 10 aromatic rings. The minimum atomic E-state index is 0.829. The van der Waals surface area contributed by atoms with Crippen LogP contribution in [0.2, 0.25) is 0 Å². The van der Waals surface area contributed by atoms with Crippen LogP contribution in [0.15, 0.2) is 164 Å². The lowest BCUT2D eigenvalue weighted by Crippen LogP contribution is -2.04.